The summed E-state index contributed by atoms with van der Waals surface area (Å²) in [6.07, 6.45) is 1.61. The molecule has 2 amide bonds. The van der Waals surface area contributed by atoms with Crippen molar-refractivity contribution in [3.63, 3.8) is 0 Å². The van der Waals surface area contributed by atoms with Crippen molar-refractivity contribution in [1.29, 1.82) is 0 Å². The molecular formula is C24H30N4O4. The van der Waals surface area contributed by atoms with Crippen LogP contribution in [-0.4, -0.2) is 92.3 Å². The molecule has 0 saturated carbocycles. The maximum atomic E-state index is 13.3. The van der Waals surface area contributed by atoms with Gasteiger partial charge in [0, 0.05) is 50.6 Å². The van der Waals surface area contributed by atoms with Gasteiger partial charge in [0.1, 0.15) is 5.82 Å². The Morgan fingerprint density at radius 1 is 0.844 bits per heavy atom. The van der Waals surface area contributed by atoms with Crippen molar-refractivity contribution in [3.8, 4) is 0 Å². The quantitative estimate of drug-likeness (QED) is 0.727. The van der Waals surface area contributed by atoms with Gasteiger partial charge in [-0.2, -0.15) is 0 Å². The smallest absolute Gasteiger partial charge is 0.254 e. The lowest BCUT2D eigenvalue weighted by Gasteiger charge is -2.36. The fourth-order valence-corrected chi connectivity index (χ4v) is 4.83. The number of carbonyl (C=O) groups is 2. The van der Waals surface area contributed by atoms with Crippen molar-refractivity contribution in [2.75, 3.05) is 70.6 Å². The number of fused-ring (bicyclic) bond motifs is 1. The Kier molecular flexibility index (Phi) is 6.23. The van der Waals surface area contributed by atoms with E-state index in [0.29, 0.717) is 58.2 Å². The lowest BCUT2D eigenvalue weighted by molar-refractivity contribution is -0.140. The van der Waals surface area contributed by atoms with Crippen molar-refractivity contribution in [2.24, 2.45) is 5.92 Å². The Labute approximate surface area is 188 Å². The van der Waals surface area contributed by atoms with Crippen molar-refractivity contribution in [3.05, 3.63) is 35.9 Å². The molecule has 5 rings (SSSR count). The highest BCUT2D eigenvalue weighted by molar-refractivity contribution is 6.07. The lowest BCUT2D eigenvalue weighted by Crippen LogP contribution is -2.47. The molecule has 2 aromatic rings. The Morgan fingerprint density at radius 2 is 1.47 bits per heavy atom. The van der Waals surface area contributed by atoms with Crippen molar-refractivity contribution >= 4 is 28.5 Å². The summed E-state index contributed by atoms with van der Waals surface area (Å²) in [6.45, 7) is 6.54. The summed E-state index contributed by atoms with van der Waals surface area (Å²) in [7, 11) is 0. The van der Waals surface area contributed by atoms with Gasteiger partial charge in [-0.1, -0.05) is 18.2 Å². The summed E-state index contributed by atoms with van der Waals surface area (Å²) in [5.41, 5.74) is 1.52. The van der Waals surface area contributed by atoms with Gasteiger partial charge in [-0.15, -0.1) is 0 Å². The summed E-state index contributed by atoms with van der Waals surface area (Å²) in [6, 6.07) is 9.76. The fourth-order valence-electron chi connectivity index (χ4n) is 4.83. The highest BCUT2D eigenvalue weighted by Gasteiger charge is 2.30. The second-order valence-corrected chi connectivity index (χ2v) is 8.65. The molecule has 170 valence electrons. The molecule has 1 aromatic carbocycles. The molecule has 3 aliphatic heterocycles. The number of amides is 2. The fraction of sp³-hybridized carbons (Fsp3) is 0.542. The minimum Gasteiger partial charge on any atom is -0.378 e. The number of morpholine rings is 2. The van der Waals surface area contributed by atoms with E-state index in [-0.39, 0.29) is 17.7 Å². The predicted octanol–water partition coefficient (Wildman–Crippen LogP) is 1.78. The van der Waals surface area contributed by atoms with Crippen molar-refractivity contribution in [1.82, 2.24) is 14.8 Å². The standard InChI is InChI=1S/C24H30N4O4/c29-23(27-9-13-31-14-10-27)18-5-7-26(8-6-18)22-17-20(19-3-1-2-4-21(19)25-22)24(30)28-11-15-32-16-12-28/h1-4,17-18H,5-16H2. The third-order valence-electron chi connectivity index (χ3n) is 6.72. The first-order valence-corrected chi connectivity index (χ1v) is 11.6. The van der Waals surface area contributed by atoms with E-state index in [1.165, 1.54) is 0 Å². The van der Waals surface area contributed by atoms with Crippen molar-refractivity contribution < 1.29 is 19.1 Å². The van der Waals surface area contributed by atoms with Crippen LogP contribution in [0.5, 0.6) is 0 Å². The van der Waals surface area contributed by atoms with Gasteiger partial charge in [-0.05, 0) is 25.0 Å². The van der Waals surface area contributed by atoms with E-state index in [9.17, 15) is 9.59 Å². The normalized spacial score (nSPS) is 20.6. The number of aromatic nitrogens is 1. The van der Waals surface area contributed by atoms with Gasteiger partial charge in [0.15, 0.2) is 0 Å². The van der Waals surface area contributed by atoms with Crippen LogP contribution in [-0.2, 0) is 14.3 Å². The number of ether oxygens (including phenoxy) is 2. The van der Waals surface area contributed by atoms with E-state index in [0.717, 1.165) is 42.7 Å². The average molecular weight is 439 g/mol. The maximum absolute atomic E-state index is 13.3. The first-order chi connectivity index (χ1) is 15.7. The first kappa shape index (κ1) is 21.2. The summed E-state index contributed by atoms with van der Waals surface area (Å²) in [5.74, 6) is 1.16. The van der Waals surface area contributed by atoms with E-state index in [1.54, 1.807) is 0 Å². The molecule has 3 aliphatic rings. The highest BCUT2D eigenvalue weighted by Crippen LogP contribution is 2.28. The molecule has 0 atom stereocenters. The van der Waals surface area contributed by atoms with E-state index >= 15 is 0 Å². The topological polar surface area (TPSA) is 75.2 Å². The molecule has 8 nitrogen and oxygen atoms in total. The van der Waals surface area contributed by atoms with Crippen LogP contribution >= 0.6 is 0 Å². The Balaban J connectivity index is 1.34. The van der Waals surface area contributed by atoms with E-state index in [1.807, 2.05) is 40.1 Å². The molecule has 3 fully saturated rings. The number of pyridine rings is 1. The summed E-state index contributed by atoms with van der Waals surface area (Å²) in [5, 5.41) is 0.880. The number of nitrogens with zero attached hydrogens (tertiary/aromatic N) is 4. The van der Waals surface area contributed by atoms with Gasteiger partial charge < -0.3 is 24.2 Å². The third-order valence-corrected chi connectivity index (χ3v) is 6.72. The molecular weight excluding hydrogens is 408 g/mol. The van der Waals surface area contributed by atoms with Crippen LogP contribution in [0.1, 0.15) is 23.2 Å². The predicted molar refractivity (Wildman–Crippen MR) is 121 cm³/mol. The van der Waals surface area contributed by atoms with Crippen LogP contribution in [0.15, 0.2) is 30.3 Å². The second-order valence-electron chi connectivity index (χ2n) is 8.65. The minimum atomic E-state index is 0.0329. The molecule has 0 radical (unpaired) electrons. The van der Waals surface area contributed by atoms with E-state index in [2.05, 4.69) is 4.90 Å². The zero-order valence-electron chi connectivity index (χ0n) is 18.4. The zero-order chi connectivity index (χ0) is 21.9. The Morgan fingerprint density at radius 3 is 2.16 bits per heavy atom. The van der Waals surface area contributed by atoms with Gasteiger partial charge in [0.25, 0.3) is 5.91 Å². The molecule has 0 spiro atoms. The first-order valence-electron chi connectivity index (χ1n) is 11.6. The summed E-state index contributed by atoms with van der Waals surface area (Å²) in [4.78, 5) is 37.1. The number of hydrogen-bond acceptors (Lipinski definition) is 6. The third kappa shape index (κ3) is 4.29. The number of piperidine rings is 1. The molecule has 0 N–H and O–H groups in total. The average Bonchev–Trinajstić information content (AvgIpc) is 2.88. The summed E-state index contributed by atoms with van der Waals surface area (Å²) >= 11 is 0. The van der Waals surface area contributed by atoms with Crippen LogP contribution in [0.4, 0.5) is 5.82 Å². The lowest BCUT2D eigenvalue weighted by atomic mass is 9.95. The van der Waals surface area contributed by atoms with Crippen LogP contribution in [0.3, 0.4) is 0 Å². The molecule has 3 saturated heterocycles. The van der Waals surface area contributed by atoms with Gasteiger partial charge in [-0.3, -0.25) is 9.59 Å². The van der Waals surface area contributed by atoms with Crippen LogP contribution in [0, 0.1) is 5.92 Å². The van der Waals surface area contributed by atoms with Crippen LogP contribution in [0.2, 0.25) is 0 Å². The Bertz CT molecular complexity index is 977. The molecule has 0 aliphatic carbocycles. The number of anilines is 1. The number of para-hydroxylation sites is 1. The number of rotatable bonds is 3. The molecule has 32 heavy (non-hydrogen) atoms. The van der Waals surface area contributed by atoms with Crippen LogP contribution < -0.4 is 4.90 Å². The molecule has 8 heteroatoms. The van der Waals surface area contributed by atoms with Crippen molar-refractivity contribution in [2.45, 2.75) is 12.8 Å². The molecule has 1 aromatic heterocycles. The highest BCUT2D eigenvalue weighted by atomic mass is 16.5. The number of benzene rings is 1. The van der Waals surface area contributed by atoms with E-state index < -0.39 is 0 Å². The summed E-state index contributed by atoms with van der Waals surface area (Å²) < 4.78 is 10.8. The maximum Gasteiger partial charge on any atom is 0.254 e. The minimum absolute atomic E-state index is 0.0329. The zero-order valence-corrected chi connectivity index (χ0v) is 18.4. The van der Waals surface area contributed by atoms with E-state index in [4.69, 9.17) is 14.5 Å². The molecule has 4 heterocycles. The van der Waals surface area contributed by atoms with Gasteiger partial charge in [-0.25, -0.2) is 4.98 Å². The molecule has 0 unspecified atom stereocenters. The number of carbonyl (C=O) groups excluding carboxylic acids is 2. The van der Waals surface area contributed by atoms with Gasteiger partial charge in [0.2, 0.25) is 5.91 Å². The SMILES string of the molecule is O=C(c1cc(N2CCC(C(=O)N3CCOCC3)CC2)nc2ccccc12)N1CCOCC1. The monoisotopic (exact) mass is 438 g/mol. The van der Waals surface area contributed by atoms with Gasteiger partial charge in [0.05, 0.1) is 37.5 Å². The second kappa shape index (κ2) is 9.42. The van der Waals surface area contributed by atoms with Crippen LogP contribution in [0.25, 0.3) is 10.9 Å². The molecule has 0 bridgehead atoms. The largest absolute Gasteiger partial charge is 0.378 e. The van der Waals surface area contributed by atoms with Gasteiger partial charge >= 0.3 is 0 Å². The Hall–Kier alpha value is -2.71. The number of hydrogen-bond donors (Lipinski definition) is 0.